The minimum atomic E-state index is -0.661. The van der Waals surface area contributed by atoms with Crippen LogP contribution in [-0.2, 0) is 33.3 Å². The van der Waals surface area contributed by atoms with Crippen LogP contribution in [0.4, 0.5) is 0 Å². The van der Waals surface area contributed by atoms with Gasteiger partial charge in [-0.15, -0.1) is 0 Å². The van der Waals surface area contributed by atoms with Crippen LogP contribution in [0.2, 0.25) is 0 Å². The molecule has 47 heavy (non-hydrogen) atoms. The third-order valence-electron chi connectivity index (χ3n) is 13.8. The molecule has 0 aromatic rings. The molecule has 4 heterocycles. The van der Waals surface area contributed by atoms with Crippen molar-refractivity contribution in [1.82, 2.24) is 0 Å². The van der Waals surface area contributed by atoms with Crippen LogP contribution in [0.1, 0.15) is 163 Å². The van der Waals surface area contributed by atoms with Crippen LogP contribution >= 0.6 is 0 Å². The molecule has 7 aliphatic rings. The number of unbranched alkanes of at least 4 members (excludes halogenated alkanes) is 16. The first-order valence-corrected chi connectivity index (χ1v) is 19.9. The summed E-state index contributed by atoms with van der Waals surface area (Å²) >= 11 is 0. The highest BCUT2D eigenvalue weighted by Gasteiger charge is 3.01. The van der Waals surface area contributed by atoms with Crippen molar-refractivity contribution in [2.75, 3.05) is 6.61 Å². The summed E-state index contributed by atoms with van der Waals surface area (Å²) in [5.41, 5.74) is 0.0625. The molecule has 0 radical (unpaired) electrons. The lowest BCUT2D eigenvalue weighted by molar-refractivity contribution is -0.169. The van der Waals surface area contributed by atoms with Crippen molar-refractivity contribution in [2.45, 2.75) is 204 Å². The fourth-order valence-electron chi connectivity index (χ4n) is 11.0. The molecule has 9 atom stereocenters. The van der Waals surface area contributed by atoms with Gasteiger partial charge in [0.15, 0.2) is 11.7 Å². The van der Waals surface area contributed by atoms with E-state index in [1.807, 2.05) is 0 Å². The normalized spacial score (nSPS) is 40.1. The van der Waals surface area contributed by atoms with Crippen LogP contribution in [-0.4, -0.2) is 59.8 Å². The predicted molar refractivity (Wildman–Crippen MR) is 180 cm³/mol. The molecule has 7 heteroatoms. The molecule has 0 N–H and O–H groups in total. The van der Waals surface area contributed by atoms with Crippen LogP contribution in [0.25, 0.3) is 0 Å². The van der Waals surface area contributed by atoms with E-state index in [2.05, 4.69) is 27.7 Å². The molecular formula is C40H62O7. The SMILES string of the molecule is CCCCCCCCCCCCCCCCCCCC(=O)O[C@@H]1[C@@]2(C(C)C)OC2[C@@H]2O[C@]23[C@]12O[C@H]2CC1C2=C(CC[C@@]13C)C(=O)OC2. The number of hydrogen-bond acceptors (Lipinski definition) is 7. The standard InChI is InChI=1S/C40H62O7/c1-5-6-7-8-9-10-11-12-13-14-15-16-17-18-19-20-21-22-32(41)44-36-38(27(2)3)33(46-38)34-40(47-34)37(4)24-23-28-29(26-43-35(28)42)30(37)25-31-39(36,40)45-31/h27,30-31,33-34,36H,5-26H2,1-4H3/t30?,31-,33?,34-,36+,37-,38-,39+,40+/m0/s1. The Morgan fingerprint density at radius 3 is 2.02 bits per heavy atom. The smallest absolute Gasteiger partial charge is 0.334 e. The molecule has 3 saturated heterocycles. The molecule has 7 rings (SSSR count). The largest absolute Gasteiger partial charge is 0.458 e. The molecule has 0 amide bonds. The molecule has 2 unspecified atom stereocenters. The summed E-state index contributed by atoms with van der Waals surface area (Å²) < 4.78 is 32.1. The molecule has 5 fully saturated rings. The minimum absolute atomic E-state index is 0.0528. The summed E-state index contributed by atoms with van der Waals surface area (Å²) in [5, 5.41) is 0. The number of carbonyl (C=O) groups excluding carboxylic acids is 2. The van der Waals surface area contributed by atoms with Gasteiger partial charge in [-0.05, 0) is 43.1 Å². The highest BCUT2D eigenvalue weighted by atomic mass is 16.8. The zero-order valence-corrected chi connectivity index (χ0v) is 29.9. The van der Waals surface area contributed by atoms with Crippen LogP contribution in [0.15, 0.2) is 11.1 Å². The fourth-order valence-corrected chi connectivity index (χ4v) is 11.0. The number of ether oxygens (including phenoxy) is 5. The van der Waals surface area contributed by atoms with E-state index in [4.69, 9.17) is 23.7 Å². The van der Waals surface area contributed by atoms with Crippen molar-refractivity contribution < 1.29 is 33.3 Å². The Balaban J connectivity index is 0.848. The second kappa shape index (κ2) is 13.4. The Hall–Kier alpha value is -1.44. The van der Waals surface area contributed by atoms with Crippen molar-refractivity contribution in [3.8, 4) is 0 Å². The van der Waals surface area contributed by atoms with E-state index < -0.39 is 22.9 Å². The Morgan fingerprint density at radius 1 is 0.830 bits per heavy atom. The molecule has 2 saturated carbocycles. The van der Waals surface area contributed by atoms with Crippen LogP contribution in [0.3, 0.4) is 0 Å². The average molecular weight is 655 g/mol. The van der Waals surface area contributed by atoms with Crippen LogP contribution in [0, 0.1) is 17.3 Å². The van der Waals surface area contributed by atoms with Gasteiger partial charge in [0, 0.05) is 17.4 Å². The maximum absolute atomic E-state index is 13.5. The van der Waals surface area contributed by atoms with Gasteiger partial charge in [-0.25, -0.2) is 4.79 Å². The lowest BCUT2D eigenvalue weighted by Gasteiger charge is -2.53. The molecule has 0 bridgehead atoms. The van der Waals surface area contributed by atoms with Crippen molar-refractivity contribution in [1.29, 1.82) is 0 Å². The highest BCUT2D eigenvalue weighted by Crippen LogP contribution is 2.83. The summed E-state index contributed by atoms with van der Waals surface area (Å²) in [6, 6.07) is 0. The van der Waals surface area contributed by atoms with E-state index >= 15 is 0 Å². The zero-order valence-electron chi connectivity index (χ0n) is 29.9. The predicted octanol–water partition coefficient (Wildman–Crippen LogP) is 8.70. The van der Waals surface area contributed by atoms with Gasteiger partial charge in [-0.1, -0.05) is 130 Å². The van der Waals surface area contributed by atoms with Crippen molar-refractivity contribution in [3.05, 3.63) is 11.1 Å². The maximum Gasteiger partial charge on any atom is 0.334 e. The second-order valence-corrected chi connectivity index (χ2v) is 16.8. The summed E-state index contributed by atoms with van der Waals surface area (Å²) in [5.74, 6) is 0.0864. The minimum Gasteiger partial charge on any atom is -0.458 e. The second-order valence-electron chi connectivity index (χ2n) is 16.8. The van der Waals surface area contributed by atoms with E-state index in [-0.39, 0.29) is 47.5 Å². The Labute approximate surface area is 283 Å². The van der Waals surface area contributed by atoms with Gasteiger partial charge >= 0.3 is 11.9 Å². The van der Waals surface area contributed by atoms with E-state index in [1.165, 1.54) is 96.3 Å². The summed E-state index contributed by atoms with van der Waals surface area (Å²) in [7, 11) is 0. The topological polar surface area (TPSA) is 90.2 Å². The lowest BCUT2D eigenvalue weighted by Crippen LogP contribution is -2.70. The zero-order chi connectivity index (χ0) is 32.9. The van der Waals surface area contributed by atoms with E-state index in [1.54, 1.807) is 0 Å². The quantitative estimate of drug-likeness (QED) is 0.0737. The molecule has 7 nitrogen and oxygen atoms in total. The summed E-state index contributed by atoms with van der Waals surface area (Å²) in [6.07, 6.45) is 24.6. The number of epoxide rings is 3. The Kier molecular flexibility index (Phi) is 9.67. The van der Waals surface area contributed by atoms with Crippen molar-refractivity contribution in [2.24, 2.45) is 17.3 Å². The number of rotatable bonds is 20. The van der Waals surface area contributed by atoms with Gasteiger partial charge in [-0.3, -0.25) is 4.79 Å². The monoisotopic (exact) mass is 654 g/mol. The van der Waals surface area contributed by atoms with Crippen molar-refractivity contribution >= 4 is 11.9 Å². The number of hydrogen-bond donors (Lipinski definition) is 0. The third kappa shape index (κ3) is 5.46. The number of fused-ring (bicyclic) bond motifs is 4. The highest BCUT2D eigenvalue weighted by molar-refractivity contribution is 5.92. The number of carbonyl (C=O) groups is 2. The third-order valence-corrected chi connectivity index (χ3v) is 13.8. The van der Waals surface area contributed by atoms with Crippen LogP contribution < -0.4 is 0 Å². The first-order chi connectivity index (χ1) is 22.8. The molecule has 0 aromatic heterocycles. The maximum atomic E-state index is 13.5. The van der Waals surface area contributed by atoms with Gasteiger partial charge < -0.3 is 23.7 Å². The first-order valence-electron chi connectivity index (χ1n) is 19.9. The molecule has 2 spiro atoms. The average Bonchev–Trinajstić information content (AvgIpc) is 3.97. The molecular weight excluding hydrogens is 592 g/mol. The molecule has 4 aliphatic heterocycles. The van der Waals surface area contributed by atoms with E-state index in [9.17, 15) is 9.59 Å². The summed E-state index contributed by atoms with van der Waals surface area (Å²) in [6.45, 7) is 9.35. The Bertz CT molecular complexity index is 1210. The fraction of sp³-hybridized carbons (Fsp3) is 0.900. The van der Waals surface area contributed by atoms with E-state index in [0.717, 1.165) is 36.8 Å². The Morgan fingerprint density at radius 2 is 1.43 bits per heavy atom. The van der Waals surface area contributed by atoms with Gasteiger partial charge in [-0.2, -0.15) is 0 Å². The van der Waals surface area contributed by atoms with Crippen LogP contribution in [0.5, 0.6) is 0 Å². The molecule has 3 aliphatic carbocycles. The van der Waals surface area contributed by atoms with Gasteiger partial charge in [0.2, 0.25) is 0 Å². The van der Waals surface area contributed by atoms with Crippen molar-refractivity contribution in [3.63, 3.8) is 0 Å². The molecule has 0 aromatic carbocycles. The first kappa shape index (κ1) is 34.0. The van der Waals surface area contributed by atoms with Gasteiger partial charge in [0.1, 0.15) is 30.0 Å². The molecule has 264 valence electrons. The lowest BCUT2D eigenvalue weighted by atomic mass is 9.46. The summed E-state index contributed by atoms with van der Waals surface area (Å²) in [4.78, 5) is 25.9. The van der Waals surface area contributed by atoms with E-state index in [0.29, 0.717) is 19.4 Å². The van der Waals surface area contributed by atoms with Gasteiger partial charge in [0.05, 0.1) is 6.10 Å². The number of esters is 2. The number of cyclic esters (lactones) is 1. The van der Waals surface area contributed by atoms with Gasteiger partial charge in [0.25, 0.3) is 0 Å².